The van der Waals surface area contributed by atoms with Crippen LogP contribution in [-0.4, -0.2) is 16.9 Å². The summed E-state index contributed by atoms with van der Waals surface area (Å²) >= 11 is 1.52. The summed E-state index contributed by atoms with van der Waals surface area (Å²) in [5.41, 5.74) is 3.82. The smallest absolute Gasteiger partial charge is 0.308 e. The van der Waals surface area contributed by atoms with E-state index in [0.29, 0.717) is 5.69 Å². The van der Waals surface area contributed by atoms with Gasteiger partial charge in [0.05, 0.1) is 18.2 Å². The molecule has 1 atom stereocenters. The zero-order valence-electron chi connectivity index (χ0n) is 15.8. The molecule has 144 valence electrons. The van der Waals surface area contributed by atoms with Crippen LogP contribution in [0.25, 0.3) is 10.6 Å². The van der Waals surface area contributed by atoms with E-state index in [2.05, 4.69) is 10.3 Å². The fourth-order valence-corrected chi connectivity index (χ4v) is 3.58. The summed E-state index contributed by atoms with van der Waals surface area (Å²) in [4.78, 5) is 28.3. The minimum absolute atomic E-state index is 0.0680. The molecule has 0 radical (unpaired) electrons. The maximum atomic E-state index is 12.3. The molecule has 0 bridgehead atoms. The molecule has 0 saturated heterocycles. The van der Waals surface area contributed by atoms with Gasteiger partial charge in [-0.1, -0.05) is 60.2 Å². The highest BCUT2D eigenvalue weighted by molar-refractivity contribution is 7.13. The van der Waals surface area contributed by atoms with Crippen molar-refractivity contribution < 1.29 is 14.3 Å². The van der Waals surface area contributed by atoms with Gasteiger partial charge in [0.1, 0.15) is 11.6 Å². The number of aryl methyl sites for hydroxylation is 1. The minimum Gasteiger partial charge on any atom is -0.459 e. The molecule has 0 aliphatic carbocycles. The van der Waals surface area contributed by atoms with Crippen LogP contribution in [0.1, 0.15) is 36.2 Å². The molecule has 0 aliphatic heterocycles. The summed E-state index contributed by atoms with van der Waals surface area (Å²) in [6.07, 6.45) is 0.0680. The van der Waals surface area contributed by atoms with Gasteiger partial charge < -0.3 is 10.1 Å². The van der Waals surface area contributed by atoms with Gasteiger partial charge >= 0.3 is 5.97 Å². The summed E-state index contributed by atoms with van der Waals surface area (Å²) < 4.78 is 5.38. The molecule has 1 aromatic heterocycles. The van der Waals surface area contributed by atoms with E-state index in [1.54, 1.807) is 0 Å². The highest BCUT2D eigenvalue weighted by atomic mass is 32.1. The van der Waals surface area contributed by atoms with Gasteiger partial charge in [-0.2, -0.15) is 0 Å². The predicted molar refractivity (Wildman–Crippen MR) is 110 cm³/mol. The Morgan fingerprint density at radius 1 is 1.11 bits per heavy atom. The van der Waals surface area contributed by atoms with Gasteiger partial charge in [0, 0.05) is 17.9 Å². The van der Waals surface area contributed by atoms with E-state index >= 15 is 0 Å². The molecule has 1 amide bonds. The zero-order valence-corrected chi connectivity index (χ0v) is 16.7. The van der Waals surface area contributed by atoms with Crippen LogP contribution in [-0.2, 0) is 20.9 Å². The monoisotopic (exact) mass is 394 g/mol. The van der Waals surface area contributed by atoms with E-state index < -0.39 is 6.04 Å². The third-order valence-electron chi connectivity index (χ3n) is 4.18. The van der Waals surface area contributed by atoms with Crippen molar-refractivity contribution in [1.82, 2.24) is 10.3 Å². The van der Waals surface area contributed by atoms with E-state index in [9.17, 15) is 9.59 Å². The van der Waals surface area contributed by atoms with Gasteiger partial charge in [-0.25, -0.2) is 4.98 Å². The van der Waals surface area contributed by atoms with Gasteiger partial charge in [-0.15, -0.1) is 11.3 Å². The number of amides is 1. The molecule has 0 saturated carbocycles. The molecule has 0 unspecified atom stereocenters. The minimum atomic E-state index is -0.412. The van der Waals surface area contributed by atoms with Crippen molar-refractivity contribution >= 4 is 23.2 Å². The second kappa shape index (κ2) is 9.28. The van der Waals surface area contributed by atoms with Crippen LogP contribution in [0, 0.1) is 6.92 Å². The standard InChI is InChI=1S/C22H22N2O3S/c1-15-8-10-18(11-9-15)22-24-19(14-28-22)13-27-21(26)12-20(23-16(2)25)17-6-4-3-5-7-17/h3-11,14,20H,12-13H2,1-2H3,(H,23,25)/t20-/m1/s1. The number of esters is 1. The summed E-state index contributed by atoms with van der Waals surface area (Å²) in [7, 11) is 0. The highest BCUT2D eigenvalue weighted by Gasteiger charge is 2.18. The number of rotatable bonds is 7. The third-order valence-corrected chi connectivity index (χ3v) is 5.12. The number of ether oxygens (including phenoxy) is 1. The summed E-state index contributed by atoms with van der Waals surface area (Å²) in [6.45, 7) is 3.59. The number of hydrogen-bond acceptors (Lipinski definition) is 5. The van der Waals surface area contributed by atoms with Crippen molar-refractivity contribution in [3.63, 3.8) is 0 Å². The second-order valence-corrected chi connectivity index (χ2v) is 7.40. The Morgan fingerprint density at radius 2 is 1.82 bits per heavy atom. The van der Waals surface area contributed by atoms with E-state index in [1.807, 2.05) is 66.9 Å². The third kappa shape index (κ3) is 5.50. The normalized spacial score (nSPS) is 11.6. The maximum absolute atomic E-state index is 12.3. The van der Waals surface area contributed by atoms with Crippen LogP contribution in [0.4, 0.5) is 0 Å². The molecule has 0 spiro atoms. The highest BCUT2D eigenvalue weighted by Crippen LogP contribution is 2.24. The van der Waals surface area contributed by atoms with Gasteiger partial charge in [0.25, 0.3) is 0 Å². The maximum Gasteiger partial charge on any atom is 0.308 e. The molecule has 2 aromatic carbocycles. The first-order valence-electron chi connectivity index (χ1n) is 9.00. The number of carbonyl (C=O) groups is 2. The van der Waals surface area contributed by atoms with Crippen molar-refractivity contribution in [2.75, 3.05) is 0 Å². The number of carbonyl (C=O) groups excluding carboxylic acids is 2. The van der Waals surface area contributed by atoms with Gasteiger partial charge in [-0.05, 0) is 12.5 Å². The Kier molecular flexibility index (Phi) is 6.55. The molecule has 6 heteroatoms. The lowest BCUT2D eigenvalue weighted by atomic mass is 10.0. The molecule has 3 aromatic rings. The molecular weight excluding hydrogens is 372 g/mol. The fraction of sp³-hybridized carbons (Fsp3) is 0.227. The lowest BCUT2D eigenvalue weighted by Crippen LogP contribution is -2.28. The number of thiazole rings is 1. The molecular formula is C22H22N2O3S. The van der Waals surface area contributed by atoms with E-state index in [1.165, 1.54) is 23.8 Å². The van der Waals surface area contributed by atoms with Crippen LogP contribution in [0.3, 0.4) is 0 Å². The van der Waals surface area contributed by atoms with Crippen LogP contribution in [0.5, 0.6) is 0 Å². The molecule has 5 nitrogen and oxygen atoms in total. The first-order chi connectivity index (χ1) is 13.5. The zero-order chi connectivity index (χ0) is 19.9. The SMILES string of the molecule is CC(=O)N[C@H](CC(=O)OCc1csc(-c2ccc(C)cc2)n1)c1ccccc1. The summed E-state index contributed by atoms with van der Waals surface area (Å²) in [5.74, 6) is -0.573. The first-order valence-corrected chi connectivity index (χ1v) is 9.88. The first kappa shape index (κ1) is 19.8. The van der Waals surface area contributed by atoms with Gasteiger partial charge in [-0.3, -0.25) is 9.59 Å². The Bertz CT molecular complexity index is 936. The molecule has 28 heavy (non-hydrogen) atoms. The van der Waals surface area contributed by atoms with Crippen molar-refractivity contribution in [3.05, 3.63) is 76.8 Å². The average molecular weight is 394 g/mol. The van der Waals surface area contributed by atoms with Crippen molar-refractivity contribution in [3.8, 4) is 10.6 Å². The number of aromatic nitrogens is 1. The lowest BCUT2D eigenvalue weighted by Gasteiger charge is -2.17. The van der Waals surface area contributed by atoms with Crippen molar-refractivity contribution in [1.29, 1.82) is 0 Å². The summed E-state index contributed by atoms with van der Waals surface area (Å²) in [5, 5.41) is 5.59. The Hall–Kier alpha value is -2.99. The van der Waals surface area contributed by atoms with Crippen LogP contribution >= 0.6 is 11.3 Å². The Balaban J connectivity index is 1.58. The molecule has 1 heterocycles. The van der Waals surface area contributed by atoms with Crippen molar-refractivity contribution in [2.45, 2.75) is 32.9 Å². The van der Waals surface area contributed by atoms with Crippen LogP contribution in [0.2, 0.25) is 0 Å². The number of nitrogens with zero attached hydrogens (tertiary/aromatic N) is 1. The average Bonchev–Trinajstić information content (AvgIpc) is 3.16. The predicted octanol–water partition coefficient (Wildman–Crippen LogP) is 4.43. The second-order valence-electron chi connectivity index (χ2n) is 6.54. The van der Waals surface area contributed by atoms with Crippen molar-refractivity contribution in [2.24, 2.45) is 0 Å². The number of hydrogen-bond donors (Lipinski definition) is 1. The van der Waals surface area contributed by atoms with Crippen LogP contribution < -0.4 is 5.32 Å². The topological polar surface area (TPSA) is 68.3 Å². The lowest BCUT2D eigenvalue weighted by molar-refractivity contribution is -0.145. The van der Waals surface area contributed by atoms with Gasteiger partial charge in [0.2, 0.25) is 5.91 Å². The van der Waals surface area contributed by atoms with E-state index in [4.69, 9.17) is 4.74 Å². The fourth-order valence-electron chi connectivity index (χ4n) is 2.76. The molecule has 0 fully saturated rings. The molecule has 0 aliphatic rings. The quantitative estimate of drug-likeness (QED) is 0.602. The van der Waals surface area contributed by atoms with E-state index in [-0.39, 0.29) is 24.9 Å². The Morgan fingerprint density at radius 3 is 2.50 bits per heavy atom. The molecule has 3 rings (SSSR count). The number of benzene rings is 2. The van der Waals surface area contributed by atoms with Crippen LogP contribution in [0.15, 0.2) is 60.0 Å². The van der Waals surface area contributed by atoms with Gasteiger partial charge in [0.15, 0.2) is 0 Å². The van der Waals surface area contributed by atoms with E-state index in [0.717, 1.165) is 16.1 Å². The number of nitrogens with one attached hydrogen (secondary N) is 1. The molecule has 1 N–H and O–H groups in total. The largest absolute Gasteiger partial charge is 0.459 e. The Labute approximate surface area is 168 Å². The summed E-state index contributed by atoms with van der Waals surface area (Å²) in [6, 6.07) is 17.1.